The molecule has 2 aromatic rings. The molecule has 0 spiro atoms. The zero-order valence-electron chi connectivity index (χ0n) is 17.8. The van der Waals surface area contributed by atoms with E-state index in [4.69, 9.17) is 0 Å². The third-order valence-corrected chi connectivity index (χ3v) is 6.10. The van der Waals surface area contributed by atoms with Crippen molar-refractivity contribution in [2.75, 3.05) is 19.6 Å². The summed E-state index contributed by atoms with van der Waals surface area (Å²) in [5.41, 5.74) is 6.38. The van der Waals surface area contributed by atoms with E-state index in [9.17, 15) is 4.79 Å². The summed E-state index contributed by atoms with van der Waals surface area (Å²) in [6.45, 7) is 10.3. The second-order valence-electron chi connectivity index (χ2n) is 8.60. The molecular formula is C25H34NOY+. The van der Waals surface area contributed by atoms with Gasteiger partial charge in [-0.05, 0) is 63.1 Å². The predicted octanol–water partition coefficient (Wildman–Crippen LogP) is 5.31. The molecule has 0 unspecified atom stereocenters. The third-order valence-electron chi connectivity index (χ3n) is 6.10. The van der Waals surface area contributed by atoms with Crippen molar-refractivity contribution in [3.05, 3.63) is 70.3 Å². The van der Waals surface area contributed by atoms with E-state index in [2.05, 4.69) is 63.2 Å². The van der Waals surface area contributed by atoms with E-state index in [1.807, 2.05) is 0 Å². The minimum absolute atomic E-state index is 0. The number of quaternary nitrogens is 1. The Morgan fingerprint density at radius 2 is 1.46 bits per heavy atom. The van der Waals surface area contributed by atoms with E-state index >= 15 is 0 Å². The largest absolute Gasteiger partial charge is 0.314 e. The average Bonchev–Trinajstić information content (AvgIpc) is 2.84. The summed E-state index contributed by atoms with van der Waals surface area (Å²) in [7, 11) is 0. The number of rotatable bonds is 6. The Morgan fingerprint density at radius 1 is 0.893 bits per heavy atom. The van der Waals surface area contributed by atoms with Crippen LogP contribution in [0.15, 0.2) is 42.5 Å². The van der Waals surface area contributed by atoms with Crippen molar-refractivity contribution in [2.24, 2.45) is 0 Å². The van der Waals surface area contributed by atoms with Gasteiger partial charge in [-0.2, -0.15) is 0 Å². The van der Waals surface area contributed by atoms with Gasteiger partial charge in [-0.15, -0.1) is 0 Å². The number of carbonyl (C=O) groups is 1. The van der Waals surface area contributed by atoms with Gasteiger partial charge in [0.05, 0.1) is 13.1 Å². The maximum absolute atomic E-state index is 13.2. The quantitative estimate of drug-likeness (QED) is 0.542. The maximum atomic E-state index is 13.2. The van der Waals surface area contributed by atoms with Crippen molar-refractivity contribution >= 4 is 5.78 Å². The van der Waals surface area contributed by atoms with E-state index in [1.54, 1.807) is 0 Å². The first-order valence-electron chi connectivity index (χ1n) is 10.4. The van der Waals surface area contributed by atoms with E-state index in [0.29, 0.717) is 18.7 Å². The molecular weight excluding hydrogens is 419 g/mol. The Bertz CT molecular complexity index is 753. The first kappa shape index (κ1) is 23.5. The van der Waals surface area contributed by atoms with Crippen molar-refractivity contribution in [2.45, 2.75) is 59.4 Å². The number of benzene rings is 2. The maximum Gasteiger partial charge on any atom is 0.191 e. The number of aryl methyl sites for hydroxylation is 3. The van der Waals surface area contributed by atoms with Gasteiger partial charge in [0.1, 0.15) is 13.1 Å². The molecule has 1 aliphatic heterocycles. The number of hydrogen-bond acceptors (Lipinski definition) is 1. The Labute approximate surface area is 196 Å². The topological polar surface area (TPSA) is 17.1 Å². The monoisotopic (exact) mass is 453 g/mol. The molecule has 0 aliphatic carbocycles. The molecule has 0 N–H and O–H groups in total. The van der Waals surface area contributed by atoms with Crippen molar-refractivity contribution in [1.29, 1.82) is 0 Å². The van der Waals surface area contributed by atoms with Gasteiger partial charge in [-0.3, -0.25) is 4.79 Å². The molecule has 1 fully saturated rings. The first-order chi connectivity index (χ1) is 13.0. The molecule has 0 aromatic heterocycles. The van der Waals surface area contributed by atoms with Gasteiger partial charge in [-0.25, -0.2) is 0 Å². The van der Waals surface area contributed by atoms with Gasteiger partial charge in [-0.1, -0.05) is 48.0 Å². The number of Topliss-reactive ketones (excluding diaryl/α,β-unsaturated/α-hetero) is 1. The molecule has 1 heterocycles. The molecule has 147 valence electrons. The summed E-state index contributed by atoms with van der Waals surface area (Å²) in [4.78, 5) is 13.2. The Balaban J connectivity index is 0.00000280. The number of carbonyl (C=O) groups excluding carboxylic acids is 1. The van der Waals surface area contributed by atoms with Gasteiger partial charge >= 0.3 is 0 Å². The fourth-order valence-electron chi connectivity index (χ4n) is 4.82. The minimum atomic E-state index is 0. The van der Waals surface area contributed by atoms with E-state index in [-0.39, 0.29) is 32.7 Å². The molecule has 3 rings (SSSR count). The molecule has 1 radical (unpaired) electrons. The number of nitrogens with zero attached hydrogens (tertiary/aromatic N) is 1. The van der Waals surface area contributed by atoms with Gasteiger partial charge in [0.15, 0.2) is 5.78 Å². The molecule has 0 amide bonds. The molecule has 0 bridgehead atoms. The second kappa shape index (κ2) is 10.8. The van der Waals surface area contributed by atoms with Crippen LogP contribution in [0.5, 0.6) is 0 Å². The van der Waals surface area contributed by atoms with Gasteiger partial charge in [0.25, 0.3) is 0 Å². The molecule has 0 atom stereocenters. The zero-order valence-corrected chi connectivity index (χ0v) is 20.7. The average molecular weight is 453 g/mol. The molecule has 2 aromatic carbocycles. The first-order valence-corrected chi connectivity index (χ1v) is 10.4. The standard InChI is InChI=1S/C25H34NO.Y/c1-20-15-21(2)25(22(3)16-20)17-24(27)19-26(13-9-4-5-10-14-26)18-23-11-7-6-8-12-23;/h6-8,11-12,15-16H,4-5,9-10,13-14,17-19H2,1-3H3;/q+1;. The Kier molecular flexibility index (Phi) is 9.05. The SMILES string of the molecule is Cc1cc(C)c(CC(=O)C[N+]2(Cc3ccccc3)CCCCCC2)c(C)c1.[Y]. The van der Waals surface area contributed by atoms with Crippen molar-refractivity contribution in [3.63, 3.8) is 0 Å². The smallest absolute Gasteiger partial charge is 0.191 e. The molecule has 2 nitrogen and oxygen atoms in total. The normalized spacial score (nSPS) is 16.1. The van der Waals surface area contributed by atoms with Crippen LogP contribution in [0.1, 0.15) is 53.5 Å². The molecule has 3 heteroatoms. The van der Waals surface area contributed by atoms with E-state index in [0.717, 1.165) is 24.1 Å². The summed E-state index contributed by atoms with van der Waals surface area (Å²) in [6.07, 6.45) is 5.66. The van der Waals surface area contributed by atoms with Gasteiger partial charge in [0, 0.05) is 44.7 Å². The van der Waals surface area contributed by atoms with Crippen LogP contribution in [0, 0.1) is 20.8 Å². The van der Waals surface area contributed by atoms with Crippen LogP contribution in [-0.4, -0.2) is 29.9 Å². The summed E-state index contributed by atoms with van der Waals surface area (Å²) in [5, 5.41) is 0. The molecule has 1 saturated heterocycles. The van der Waals surface area contributed by atoms with Crippen LogP contribution < -0.4 is 0 Å². The van der Waals surface area contributed by atoms with Gasteiger partial charge in [0.2, 0.25) is 0 Å². The van der Waals surface area contributed by atoms with Crippen molar-refractivity contribution in [3.8, 4) is 0 Å². The Hall–Kier alpha value is -0.826. The molecule has 0 saturated carbocycles. The number of hydrogen-bond donors (Lipinski definition) is 0. The fraction of sp³-hybridized carbons (Fsp3) is 0.480. The molecule has 28 heavy (non-hydrogen) atoms. The Morgan fingerprint density at radius 3 is 2.04 bits per heavy atom. The van der Waals surface area contributed by atoms with Crippen LogP contribution in [0.3, 0.4) is 0 Å². The second-order valence-corrected chi connectivity index (χ2v) is 8.60. The minimum Gasteiger partial charge on any atom is -0.314 e. The zero-order chi connectivity index (χ0) is 19.3. The number of likely N-dealkylation sites (tertiary alicyclic amines) is 1. The van der Waals surface area contributed by atoms with Crippen molar-refractivity contribution in [1.82, 2.24) is 0 Å². The number of ketones is 1. The molecule has 1 aliphatic rings. The summed E-state index contributed by atoms with van der Waals surface area (Å²) in [5.74, 6) is 0.392. The van der Waals surface area contributed by atoms with Crippen LogP contribution >= 0.6 is 0 Å². The fourth-order valence-corrected chi connectivity index (χ4v) is 4.82. The third kappa shape index (κ3) is 6.34. The van der Waals surface area contributed by atoms with Gasteiger partial charge < -0.3 is 4.48 Å². The van der Waals surface area contributed by atoms with Crippen LogP contribution in [0.25, 0.3) is 0 Å². The van der Waals surface area contributed by atoms with E-state index < -0.39 is 0 Å². The van der Waals surface area contributed by atoms with Crippen LogP contribution in [-0.2, 0) is 50.5 Å². The van der Waals surface area contributed by atoms with Crippen LogP contribution in [0.2, 0.25) is 0 Å². The van der Waals surface area contributed by atoms with E-state index in [1.165, 1.54) is 53.5 Å². The summed E-state index contributed by atoms with van der Waals surface area (Å²) < 4.78 is 0.937. The van der Waals surface area contributed by atoms with Crippen molar-refractivity contribution < 1.29 is 42.0 Å². The summed E-state index contributed by atoms with van der Waals surface area (Å²) >= 11 is 0. The predicted molar refractivity (Wildman–Crippen MR) is 113 cm³/mol. The van der Waals surface area contributed by atoms with Crippen LogP contribution in [0.4, 0.5) is 0 Å². The summed E-state index contributed by atoms with van der Waals surface area (Å²) in [6, 6.07) is 15.1.